The fraction of sp³-hybridized carbons (Fsp3) is 0.875. The Bertz CT molecular complexity index is 97.4. The fourth-order valence-electron chi connectivity index (χ4n) is 0.772. The molecule has 2 nitrogen and oxygen atoms in total. The molecule has 0 aliphatic rings. The van der Waals surface area contributed by atoms with Crippen LogP contribution in [-0.4, -0.2) is 19.4 Å². The van der Waals surface area contributed by atoms with Gasteiger partial charge in [-0.25, -0.2) is 0 Å². The van der Waals surface area contributed by atoms with Crippen LogP contribution in [0.5, 0.6) is 0 Å². The van der Waals surface area contributed by atoms with E-state index in [1.807, 2.05) is 7.05 Å². The number of nitrogens with zero attached hydrogens (tertiary/aromatic N) is 1. The number of hydrogen-bond acceptors (Lipinski definition) is 1. The maximum absolute atomic E-state index is 4.08. The zero-order valence-electron chi connectivity index (χ0n) is 7.28. The first-order valence-electron chi connectivity index (χ1n) is 4.04. The second kappa shape index (κ2) is 6.59. The summed E-state index contributed by atoms with van der Waals surface area (Å²) in [5.74, 6) is 1.12. The Morgan fingerprint density at radius 1 is 1.40 bits per heavy atom. The lowest BCUT2D eigenvalue weighted by Crippen LogP contribution is -2.23. The van der Waals surface area contributed by atoms with Crippen molar-refractivity contribution in [2.75, 3.05) is 13.6 Å². The molecule has 0 unspecified atom stereocenters. The maximum Gasteiger partial charge on any atom is 0.0956 e. The molecule has 0 aromatic rings. The van der Waals surface area contributed by atoms with Crippen LogP contribution < -0.4 is 5.32 Å². The molecule has 0 amide bonds. The Morgan fingerprint density at radius 3 is 2.50 bits per heavy atom. The summed E-state index contributed by atoms with van der Waals surface area (Å²) in [7, 11) is 1.83. The van der Waals surface area contributed by atoms with Crippen LogP contribution in [0.4, 0.5) is 0 Å². The summed E-state index contributed by atoms with van der Waals surface area (Å²) in [5, 5.41) is 3.27. The van der Waals surface area contributed by atoms with Crippen molar-refractivity contribution in [2.45, 2.75) is 33.1 Å². The molecule has 0 bridgehead atoms. The van der Waals surface area contributed by atoms with Crippen molar-refractivity contribution in [3.8, 4) is 0 Å². The van der Waals surface area contributed by atoms with Crippen LogP contribution in [0.2, 0.25) is 0 Å². The van der Waals surface area contributed by atoms with Crippen LogP contribution in [0.25, 0.3) is 0 Å². The molecule has 0 atom stereocenters. The third kappa shape index (κ3) is 4.36. The highest BCUT2D eigenvalue weighted by Gasteiger charge is 1.89. The molecule has 2 heteroatoms. The highest BCUT2D eigenvalue weighted by molar-refractivity contribution is 5.81. The average Bonchev–Trinajstić information content (AvgIpc) is 1.99. The third-order valence-corrected chi connectivity index (χ3v) is 1.46. The Balaban J connectivity index is 3.27. The van der Waals surface area contributed by atoms with E-state index in [1.165, 1.54) is 12.8 Å². The molecule has 0 aromatic carbocycles. The predicted molar refractivity (Wildman–Crippen MR) is 46.6 cm³/mol. The van der Waals surface area contributed by atoms with E-state index in [1.54, 1.807) is 0 Å². The number of nitrogens with one attached hydrogen (secondary N) is 1. The minimum atomic E-state index is 1.01. The lowest BCUT2D eigenvalue weighted by molar-refractivity contribution is 0.747. The van der Waals surface area contributed by atoms with E-state index in [2.05, 4.69) is 24.2 Å². The van der Waals surface area contributed by atoms with Crippen LogP contribution >= 0.6 is 0 Å². The predicted octanol–water partition coefficient (Wildman–Crippen LogP) is 1.81. The zero-order chi connectivity index (χ0) is 7.82. The number of aliphatic imine (C=N–C) groups is 1. The summed E-state index contributed by atoms with van der Waals surface area (Å²) in [6, 6.07) is 0. The van der Waals surface area contributed by atoms with Gasteiger partial charge in [0.05, 0.1) is 5.84 Å². The van der Waals surface area contributed by atoms with E-state index in [4.69, 9.17) is 0 Å². The second-order valence-corrected chi connectivity index (χ2v) is 2.30. The summed E-state index contributed by atoms with van der Waals surface area (Å²) in [4.78, 5) is 4.08. The van der Waals surface area contributed by atoms with Gasteiger partial charge in [-0.15, -0.1) is 0 Å². The van der Waals surface area contributed by atoms with Gasteiger partial charge in [-0.3, -0.25) is 4.99 Å². The van der Waals surface area contributed by atoms with E-state index in [-0.39, 0.29) is 0 Å². The molecule has 60 valence electrons. The molecule has 0 heterocycles. The lowest BCUT2D eigenvalue weighted by Gasteiger charge is -2.04. The zero-order valence-corrected chi connectivity index (χ0v) is 7.28. The highest BCUT2D eigenvalue weighted by Crippen LogP contribution is 1.85. The Hall–Kier alpha value is -0.530. The van der Waals surface area contributed by atoms with Gasteiger partial charge in [0.15, 0.2) is 0 Å². The van der Waals surface area contributed by atoms with Crippen molar-refractivity contribution in [1.29, 1.82) is 0 Å². The molecule has 0 radical (unpaired) electrons. The van der Waals surface area contributed by atoms with Crippen molar-refractivity contribution < 1.29 is 0 Å². The van der Waals surface area contributed by atoms with Gasteiger partial charge in [0.2, 0.25) is 0 Å². The van der Waals surface area contributed by atoms with Crippen LogP contribution in [0, 0.1) is 0 Å². The molecule has 0 rings (SSSR count). The summed E-state index contributed by atoms with van der Waals surface area (Å²) in [5.41, 5.74) is 0. The van der Waals surface area contributed by atoms with E-state index >= 15 is 0 Å². The van der Waals surface area contributed by atoms with Crippen molar-refractivity contribution in [3.63, 3.8) is 0 Å². The van der Waals surface area contributed by atoms with Gasteiger partial charge in [0.1, 0.15) is 0 Å². The van der Waals surface area contributed by atoms with Crippen molar-refractivity contribution >= 4 is 5.84 Å². The van der Waals surface area contributed by atoms with Gasteiger partial charge < -0.3 is 5.32 Å². The van der Waals surface area contributed by atoms with Gasteiger partial charge in [-0.1, -0.05) is 20.3 Å². The van der Waals surface area contributed by atoms with E-state index in [9.17, 15) is 0 Å². The monoisotopic (exact) mass is 142 g/mol. The van der Waals surface area contributed by atoms with E-state index in [0.717, 1.165) is 18.8 Å². The Morgan fingerprint density at radius 2 is 2.10 bits per heavy atom. The van der Waals surface area contributed by atoms with E-state index < -0.39 is 0 Å². The SMILES string of the molecule is CCCCNC(CC)=NC. The molecule has 0 spiro atoms. The molecule has 0 fully saturated rings. The van der Waals surface area contributed by atoms with Gasteiger partial charge in [0.25, 0.3) is 0 Å². The molecule has 0 saturated carbocycles. The molecular formula is C8H18N2. The first-order chi connectivity index (χ1) is 4.85. The first kappa shape index (κ1) is 9.47. The minimum absolute atomic E-state index is 1.01. The number of hydrogen-bond donors (Lipinski definition) is 1. The molecule has 1 N–H and O–H groups in total. The molecule has 0 saturated heterocycles. The van der Waals surface area contributed by atoms with Crippen molar-refractivity contribution in [3.05, 3.63) is 0 Å². The molecule has 0 aliphatic heterocycles. The minimum Gasteiger partial charge on any atom is -0.374 e. The van der Waals surface area contributed by atoms with Gasteiger partial charge in [-0.2, -0.15) is 0 Å². The van der Waals surface area contributed by atoms with Crippen molar-refractivity contribution in [2.24, 2.45) is 4.99 Å². The summed E-state index contributed by atoms with van der Waals surface area (Å²) < 4.78 is 0. The topological polar surface area (TPSA) is 24.4 Å². The van der Waals surface area contributed by atoms with Crippen LogP contribution in [-0.2, 0) is 0 Å². The quantitative estimate of drug-likeness (QED) is 0.361. The maximum atomic E-state index is 4.08. The Kier molecular flexibility index (Phi) is 6.24. The van der Waals surface area contributed by atoms with Crippen LogP contribution in [0.15, 0.2) is 4.99 Å². The molecule has 10 heavy (non-hydrogen) atoms. The van der Waals surface area contributed by atoms with Gasteiger partial charge in [0, 0.05) is 20.0 Å². The standard InChI is InChI=1S/C8H18N2/c1-4-6-7-10-8(5-2)9-3/h4-7H2,1-3H3,(H,9,10). The molecular weight excluding hydrogens is 124 g/mol. The van der Waals surface area contributed by atoms with Crippen LogP contribution in [0.3, 0.4) is 0 Å². The molecule has 0 aliphatic carbocycles. The normalized spacial score (nSPS) is 11.7. The molecule has 0 aromatic heterocycles. The lowest BCUT2D eigenvalue weighted by atomic mass is 10.3. The number of rotatable bonds is 4. The Labute approximate surface area is 63.7 Å². The number of amidine groups is 1. The highest BCUT2D eigenvalue weighted by atomic mass is 15.0. The smallest absolute Gasteiger partial charge is 0.0956 e. The fourth-order valence-corrected chi connectivity index (χ4v) is 0.772. The summed E-state index contributed by atoms with van der Waals surface area (Å²) >= 11 is 0. The summed E-state index contributed by atoms with van der Waals surface area (Å²) in [6.45, 7) is 5.37. The largest absolute Gasteiger partial charge is 0.374 e. The van der Waals surface area contributed by atoms with Gasteiger partial charge >= 0.3 is 0 Å². The average molecular weight is 142 g/mol. The van der Waals surface area contributed by atoms with Crippen LogP contribution in [0.1, 0.15) is 33.1 Å². The van der Waals surface area contributed by atoms with Gasteiger partial charge in [-0.05, 0) is 6.42 Å². The first-order valence-corrected chi connectivity index (χ1v) is 4.04. The third-order valence-electron chi connectivity index (χ3n) is 1.46. The second-order valence-electron chi connectivity index (χ2n) is 2.30. The number of unbranched alkanes of at least 4 members (excludes halogenated alkanes) is 1. The van der Waals surface area contributed by atoms with E-state index in [0.29, 0.717) is 0 Å². The summed E-state index contributed by atoms with van der Waals surface area (Å²) in [6.07, 6.45) is 3.49. The van der Waals surface area contributed by atoms with Crippen molar-refractivity contribution in [1.82, 2.24) is 5.32 Å².